The third kappa shape index (κ3) is 6.55. The highest BCUT2D eigenvalue weighted by Gasteiger charge is 2.22. The minimum atomic E-state index is -0.320. The molecule has 0 fully saturated rings. The molecule has 1 aromatic heterocycles. The second-order valence-corrected chi connectivity index (χ2v) is 6.98. The molecule has 0 aliphatic rings. The van der Waals surface area contributed by atoms with Crippen LogP contribution in [0.15, 0.2) is 47.1 Å². The summed E-state index contributed by atoms with van der Waals surface area (Å²) < 4.78 is 18.5. The van der Waals surface area contributed by atoms with Crippen LogP contribution in [0.4, 0.5) is 4.39 Å². The lowest BCUT2D eigenvalue weighted by molar-refractivity contribution is -0.141. The number of halogens is 1. The average Bonchev–Trinajstić information content (AvgIpc) is 3.14. The first kappa shape index (κ1) is 20.7. The Morgan fingerprint density at radius 3 is 2.30 bits per heavy atom. The first-order valence-corrected chi connectivity index (χ1v) is 9.21. The standard InChI is InChI=1S/C21H27FN2O3/c1-4-20(25)23(12-16(2)3)15-21(26)24(14-19-6-5-11-27-19)13-17-7-9-18(22)10-8-17/h5-11,16H,4,12-15H2,1-3H3. The molecule has 0 atom stereocenters. The Balaban J connectivity index is 2.15. The van der Waals surface area contributed by atoms with Gasteiger partial charge in [0, 0.05) is 19.5 Å². The number of hydrogen-bond donors (Lipinski definition) is 0. The molecule has 5 nitrogen and oxygen atoms in total. The number of furan rings is 1. The summed E-state index contributed by atoms with van der Waals surface area (Å²) in [5.41, 5.74) is 0.813. The van der Waals surface area contributed by atoms with E-state index in [1.165, 1.54) is 12.1 Å². The molecule has 0 bridgehead atoms. The molecule has 2 rings (SSSR count). The molecular formula is C21H27FN2O3. The topological polar surface area (TPSA) is 53.8 Å². The van der Waals surface area contributed by atoms with Crippen LogP contribution in [0.25, 0.3) is 0 Å². The van der Waals surface area contributed by atoms with Gasteiger partial charge < -0.3 is 14.2 Å². The summed E-state index contributed by atoms with van der Waals surface area (Å²) in [5, 5.41) is 0. The Hall–Kier alpha value is -2.63. The van der Waals surface area contributed by atoms with Crippen molar-refractivity contribution in [2.45, 2.75) is 40.3 Å². The van der Waals surface area contributed by atoms with Crippen LogP contribution in [-0.4, -0.2) is 34.7 Å². The van der Waals surface area contributed by atoms with Crippen molar-refractivity contribution in [3.05, 3.63) is 59.8 Å². The van der Waals surface area contributed by atoms with Crippen molar-refractivity contribution in [2.75, 3.05) is 13.1 Å². The number of nitrogens with zero attached hydrogens (tertiary/aromatic N) is 2. The molecule has 27 heavy (non-hydrogen) atoms. The van der Waals surface area contributed by atoms with Gasteiger partial charge in [0.25, 0.3) is 0 Å². The second-order valence-electron chi connectivity index (χ2n) is 6.98. The third-order valence-corrected chi connectivity index (χ3v) is 4.13. The Morgan fingerprint density at radius 1 is 1.04 bits per heavy atom. The molecule has 0 unspecified atom stereocenters. The van der Waals surface area contributed by atoms with Crippen LogP contribution < -0.4 is 0 Å². The summed E-state index contributed by atoms with van der Waals surface area (Å²) in [7, 11) is 0. The van der Waals surface area contributed by atoms with E-state index >= 15 is 0 Å². The van der Waals surface area contributed by atoms with Crippen molar-refractivity contribution >= 4 is 11.8 Å². The lowest BCUT2D eigenvalue weighted by Gasteiger charge is -2.28. The van der Waals surface area contributed by atoms with Gasteiger partial charge in [0.05, 0.1) is 19.4 Å². The first-order chi connectivity index (χ1) is 12.9. The number of hydrogen-bond acceptors (Lipinski definition) is 3. The maximum atomic E-state index is 13.2. The van der Waals surface area contributed by atoms with Gasteiger partial charge in [-0.05, 0) is 35.7 Å². The van der Waals surface area contributed by atoms with E-state index in [1.54, 1.807) is 47.3 Å². The lowest BCUT2D eigenvalue weighted by Crippen LogP contribution is -2.43. The maximum Gasteiger partial charge on any atom is 0.242 e. The predicted octanol–water partition coefficient (Wildman–Crippen LogP) is 3.84. The van der Waals surface area contributed by atoms with E-state index in [2.05, 4.69) is 0 Å². The molecule has 0 aliphatic carbocycles. The Labute approximate surface area is 159 Å². The van der Waals surface area contributed by atoms with Crippen molar-refractivity contribution in [1.82, 2.24) is 9.80 Å². The van der Waals surface area contributed by atoms with Crippen LogP contribution >= 0.6 is 0 Å². The van der Waals surface area contributed by atoms with Gasteiger partial charge in [-0.25, -0.2) is 4.39 Å². The fraction of sp³-hybridized carbons (Fsp3) is 0.429. The van der Waals surface area contributed by atoms with Gasteiger partial charge in [0.1, 0.15) is 11.6 Å². The quantitative estimate of drug-likeness (QED) is 0.670. The molecule has 0 spiro atoms. The third-order valence-electron chi connectivity index (χ3n) is 4.13. The van der Waals surface area contributed by atoms with Gasteiger partial charge in [-0.15, -0.1) is 0 Å². The molecule has 0 saturated carbocycles. The van der Waals surface area contributed by atoms with Gasteiger partial charge in [-0.1, -0.05) is 32.9 Å². The molecule has 2 aromatic rings. The minimum absolute atomic E-state index is 0.0206. The zero-order chi connectivity index (χ0) is 19.8. The van der Waals surface area contributed by atoms with Crippen LogP contribution in [0.1, 0.15) is 38.5 Å². The van der Waals surface area contributed by atoms with Gasteiger partial charge in [0.15, 0.2) is 0 Å². The molecule has 0 radical (unpaired) electrons. The number of carbonyl (C=O) groups is 2. The summed E-state index contributed by atoms with van der Waals surface area (Å²) in [6, 6.07) is 9.62. The van der Waals surface area contributed by atoms with Gasteiger partial charge in [0.2, 0.25) is 11.8 Å². The Kier molecular flexibility index (Phi) is 7.58. The number of rotatable bonds is 9. The normalized spacial score (nSPS) is 10.9. The second kappa shape index (κ2) is 9.90. The maximum absolute atomic E-state index is 13.2. The van der Waals surface area contributed by atoms with Crippen LogP contribution in [0, 0.1) is 11.7 Å². The molecule has 1 heterocycles. The van der Waals surface area contributed by atoms with Crippen molar-refractivity contribution in [3.63, 3.8) is 0 Å². The van der Waals surface area contributed by atoms with Crippen molar-refractivity contribution in [3.8, 4) is 0 Å². The summed E-state index contributed by atoms with van der Waals surface area (Å²) in [6.45, 7) is 6.98. The molecule has 6 heteroatoms. The fourth-order valence-corrected chi connectivity index (χ4v) is 2.82. The summed E-state index contributed by atoms with van der Waals surface area (Å²) in [4.78, 5) is 28.4. The molecule has 0 N–H and O–H groups in total. The fourth-order valence-electron chi connectivity index (χ4n) is 2.82. The Morgan fingerprint density at radius 2 is 1.74 bits per heavy atom. The van der Waals surface area contributed by atoms with E-state index in [9.17, 15) is 14.0 Å². The molecule has 146 valence electrons. The van der Waals surface area contributed by atoms with E-state index in [0.717, 1.165) is 5.56 Å². The highest BCUT2D eigenvalue weighted by Crippen LogP contribution is 2.13. The van der Waals surface area contributed by atoms with E-state index in [4.69, 9.17) is 4.42 Å². The highest BCUT2D eigenvalue weighted by atomic mass is 19.1. The summed E-state index contributed by atoms with van der Waals surface area (Å²) >= 11 is 0. The molecule has 1 aromatic carbocycles. The number of benzene rings is 1. The SMILES string of the molecule is CCC(=O)N(CC(=O)N(Cc1ccc(F)cc1)Cc1ccco1)CC(C)C. The van der Waals surface area contributed by atoms with Crippen LogP contribution in [0.5, 0.6) is 0 Å². The number of carbonyl (C=O) groups excluding carboxylic acids is 2. The highest BCUT2D eigenvalue weighted by molar-refractivity contribution is 5.84. The first-order valence-electron chi connectivity index (χ1n) is 9.21. The van der Waals surface area contributed by atoms with Gasteiger partial charge >= 0.3 is 0 Å². The molecule has 0 saturated heterocycles. The summed E-state index contributed by atoms with van der Waals surface area (Å²) in [6.07, 6.45) is 1.91. The van der Waals surface area contributed by atoms with Crippen molar-refractivity contribution in [1.29, 1.82) is 0 Å². The zero-order valence-corrected chi connectivity index (χ0v) is 16.2. The molecule has 0 aliphatic heterocycles. The van der Waals surface area contributed by atoms with E-state index in [1.807, 2.05) is 13.8 Å². The molecule has 2 amide bonds. The lowest BCUT2D eigenvalue weighted by atomic mass is 10.2. The van der Waals surface area contributed by atoms with E-state index in [-0.39, 0.29) is 30.1 Å². The largest absolute Gasteiger partial charge is 0.467 e. The Bertz CT molecular complexity index is 726. The van der Waals surface area contributed by atoms with Crippen LogP contribution in [-0.2, 0) is 22.7 Å². The smallest absolute Gasteiger partial charge is 0.242 e. The predicted molar refractivity (Wildman–Crippen MR) is 101 cm³/mol. The zero-order valence-electron chi connectivity index (χ0n) is 16.2. The number of amides is 2. The minimum Gasteiger partial charge on any atom is -0.467 e. The van der Waals surface area contributed by atoms with Gasteiger partial charge in [-0.2, -0.15) is 0 Å². The van der Waals surface area contributed by atoms with Crippen molar-refractivity contribution in [2.24, 2.45) is 5.92 Å². The monoisotopic (exact) mass is 374 g/mol. The molecular weight excluding hydrogens is 347 g/mol. The van der Waals surface area contributed by atoms with Crippen LogP contribution in [0.3, 0.4) is 0 Å². The van der Waals surface area contributed by atoms with Crippen LogP contribution in [0.2, 0.25) is 0 Å². The van der Waals surface area contributed by atoms with Gasteiger partial charge in [-0.3, -0.25) is 9.59 Å². The average molecular weight is 374 g/mol. The van der Waals surface area contributed by atoms with E-state index in [0.29, 0.717) is 31.8 Å². The summed E-state index contributed by atoms with van der Waals surface area (Å²) in [5.74, 6) is 0.390. The van der Waals surface area contributed by atoms with E-state index < -0.39 is 0 Å². The van der Waals surface area contributed by atoms with Crippen molar-refractivity contribution < 1.29 is 18.4 Å².